The molecule has 0 atom stereocenters. The van der Waals surface area contributed by atoms with Crippen molar-refractivity contribution in [3.8, 4) is 0 Å². The van der Waals surface area contributed by atoms with Gasteiger partial charge in [0.15, 0.2) is 0 Å². The van der Waals surface area contributed by atoms with E-state index in [1.165, 1.54) is 0 Å². The van der Waals surface area contributed by atoms with Crippen molar-refractivity contribution >= 4 is 29.0 Å². The maximum absolute atomic E-state index is 9.00. The van der Waals surface area contributed by atoms with Crippen LogP contribution < -0.4 is 0 Å². The molecule has 4 nitrogen and oxygen atoms in total. The Bertz CT molecular complexity index is 32.7. The average Bonchev–Trinajstić information content (AvgIpc) is 0.811. The Morgan fingerprint density at radius 1 is 1.43 bits per heavy atom. The fraction of sp³-hybridized carbons (Fsp3) is 0.500. The largest absolute Gasteiger partial charge is 2.00 e. The SMILES string of the molecule is CC(=O)O.[Mg+2].[OH-].[OH-]. The summed E-state index contributed by atoms with van der Waals surface area (Å²) in [5.74, 6) is -0.833. The summed E-state index contributed by atoms with van der Waals surface area (Å²) in [6, 6.07) is 0. The van der Waals surface area contributed by atoms with Gasteiger partial charge in [0, 0.05) is 6.92 Å². The van der Waals surface area contributed by atoms with Crippen molar-refractivity contribution in [3.05, 3.63) is 0 Å². The molecule has 0 heterocycles. The Balaban J connectivity index is -0.0000000150. The smallest absolute Gasteiger partial charge is 0.870 e. The van der Waals surface area contributed by atoms with Crippen LogP contribution in [0.4, 0.5) is 0 Å². The summed E-state index contributed by atoms with van der Waals surface area (Å²) in [5.41, 5.74) is 0. The number of carboxylic acid groups (broad SMARTS) is 1. The van der Waals surface area contributed by atoms with Crippen molar-refractivity contribution in [2.45, 2.75) is 6.92 Å². The number of hydrogen-bond acceptors (Lipinski definition) is 3. The van der Waals surface area contributed by atoms with Gasteiger partial charge in [0.05, 0.1) is 0 Å². The van der Waals surface area contributed by atoms with Gasteiger partial charge in [0.2, 0.25) is 0 Å². The van der Waals surface area contributed by atoms with Gasteiger partial charge in [0.1, 0.15) is 0 Å². The van der Waals surface area contributed by atoms with Crippen LogP contribution in [-0.2, 0) is 4.79 Å². The van der Waals surface area contributed by atoms with Crippen LogP contribution in [0.15, 0.2) is 0 Å². The summed E-state index contributed by atoms with van der Waals surface area (Å²) in [4.78, 5) is 9.00. The monoisotopic (exact) mass is 118 g/mol. The third-order valence-corrected chi connectivity index (χ3v) is 0. The second-order valence-corrected chi connectivity index (χ2v) is 0.519. The van der Waals surface area contributed by atoms with Crippen LogP contribution in [0.1, 0.15) is 6.92 Å². The molecule has 0 bridgehead atoms. The van der Waals surface area contributed by atoms with Crippen LogP contribution in [0.5, 0.6) is 0 Å². The number of carbonyl (C=O) groups is 1. The summed E-state index contributed by atoms with van der Waals surface area (Å²) in [7, 11) is 0. The number of carboxylic acids is 1. The van der Waals surface area contributed by atoms with Gasteiger partial charge in [-0.25, -0.2) is 0 Å². The maximum Gasteiger partial charge on any atom is 2.00 e. The number of hydrogen-bond donors (Lipinski definition) is 1. The average molecular weight is 118 g/mol. The van der Waals surface area contributed by atoms with Crippen molar-refractivity contribution < 1.29 is 20.9 Å². The van der Waals surface area contributed by atoms with E-state index in [-0.39, 0.29) is 34.0 Å². The molecule has 0 aromatic rings. The van der Waals surface area contributed by atoms with Gasteiger partial charge in [-0.2, -0.15) is 0 Å². The molecular weight excluding hydrogens is 112 g/mol. The molecule has 3 N–H and O–H groups in total. The molecule has 0 saturated heterocycles. The first-order valence-electron chi connectivity index (χ1n) is 0.928. The third-order valence-electron chi connectivity index (χ3n) is 0. The molecule has 5 heteroatoms. The Morgan fingerprint density at radius 2 is 1.43 bits per heavy atom. The van der Waals surface area contributed by atoms with Gasteiger partial charge in [-0.1, -0.05) is 0 Å². The van der Waals surface area contributed by atoms with Crippen molar-refractivity contribution in [3.63, 3.8) is 0 Å². The van der Waals surface area contributed by atoms with Gasteiger partial charge in [-0.15, -0.1) is 0 Å². The minimum absolute atomic E-state index is 0. The Hall–Kier alpha value is 0.156. The normalized spacial score (nSPS) is 3.57. The molecule has 0 unspecified atom stereocenters. The summed E-state index contributed by atoms with van der Waals surface area (Å²) in [6.07, 6.45) is 0. The van der Waals surface area contributed by atoms with Crippen molar-refractivity contribution in [2.24, 2.45) is 0 Å². The molecule has 0 spiro atoms. The Labute approximate surface area is 57.3 Å². The van der Waals surface area contributed by atoms with Gasteiger partial charge < -0.3 is 16.1 Å². The zero-order valence-electron chi connectivity index (χ0n) is 3.96. The van der Waals surface area contributed by atoms with Crippen LogP contribution in [0, 0.1) is 0 Å². The predicted octanol–water partition coefficient (Wildman–Crippen LogP) is -0.643. The predicted molar refractivity (Wildman–Crippen MR) is 22.9 cm³/mol. The van der Waals surface area contributed by atoms with Gasteiger partial charge in [-0.3, -0.25) is 4.79 Å². The number of aliphatic carboxylic acids is 1. The fourth-order valence-electron chi connectivity index (χ4n) is 0. The van der Waals surface area contributed by atoms with Crippen LogP contribution in [0.3, 0.4) is 0 Å². The first-order valence-corrected chi connectivity index (χ1v) is 0.928. The number of rotatable bonds is 0. The summed E-state index contributed by atoms with van der Waals surface area (Å²) < 4.78 is 0. The van der Waals surface area contributed by atoms with Crippen LogP contribution in [0.25, 0.3) is 0 Å². The molecule has 0 aromatic heterocycles. The molecular formula is C2H6MgO4. The summed E-state index contributed by atoms with van der Waals surface area (Å²) in [6.45, 7) is 1.08. The van der Waals surface area contributed by atoms with Crippen LogP contribution in [-0.4, -0.2) is 45.1 Å². The van der Waals surface area contributed by atoms with E-state index in [9.17, 15) is 0 Å². The Kier molecular flexibility index (Phi) is 63.9. The van der Waals surface area contributed by atoms with Crippen molar-refractivity contribution in [2.75, 3.05) is 0 Å². The Morgan fingerprint density at radius 3 is 1.43 bits per heavy atom. The molecule has 0 amide bonds. The maximum atomic E-state index is 9.00. The zero-order valence-corrected chi connectivity index (χ0v) is 5.37. The zero-order chi connectivity index (χ0) is 3.58. The quantitative estimate of drug-likeness (QED) is 0.428. The van der Waals surface area contributed by atoms with Gasteiger partial charge in [-0.05, 0) is 0 Å². The van der Waals surface area contributed by atoms with Gasteiger partial charge in [0.25, 0.3) is 5.97 Å². The first kappa shape index (κ1) is 27.2. The summed E-state index contributed by atoms with van der Waals surface area (Å²) >= 11 is 0. The van der Waals surface area contributed by atoms with E-state index in [1.807, 2.05) is 0 Å². The molecule has 0 radical (unpaired) electrons. The standard InChI is InChI=1S/C2H4O2.Mg.2H2O/c1-2(3)4;;;/h1H3,(H,3,4);;2*1H2/q;+2;;/p-2. The second-order valence-electron chi connectivity index (χ2n) is 0.519. The van der Waals surface area contributed by atoms with E-state index in [4.69, 9.17) is 9.90 Å². The van der Waals surface area contributed by atoms with Crippen LogP contribution >= 0.6 is 0 Å². The van der Waals surface area contributed by atoms with E-state index >= 15 is 0 Å². The molecule has 0 fully saturated rings. The molecule has 0 aliphatic carbocycles. The molecule has 0 aliphatic rings. The van der Waals surface area contributed by atoms with E-state index in [0.717, 1.165) is 6.92 Å². The van der Waals surface area contributed by atoms with E-state index in [0.29, 0.717) is 0 Å². The molecule has 0 aliphatic heterocycles. The van der Waals surface area contributed by atoms with Crippen molar-refractivity contribution in [1.82, 2.24) is 0 Å². The van der Waals surface area contributed by atoms with E-state index in [2.05, 4.69) is 0 Å². The molecule has 40 valence electrons. The second kappa shape index (κ2) is 16.4. The third kappa shape index (κ3) is 4360. The molecule has 0 saturated carbocycles. The van der Waals surface area contributed by atoms with E-state index in [1.54, 1.807) is 0 Å². The summed E-state index contributed by atoms with van der Waals surface area (Å²) in [5, 5.41) is 7.42. The minimum Gasteiger partial charge on any atom is -0.870 e. The molecule has 0 aromatic carbocycles. The first-order chi connectivity index (χ1) is 1.73. The topological polar surface area (TPSA) is 97.3 Å². The fourth-order valence-corrected chi connectivity index (χ4v) is 0. The minimum atomic E-state index is -0.833. The molecule has 7 heavy (non-hydrogen) atoms. The molecule has 0 rings (SSSR count). The van der Waals surface area contributed by atoms with Crippen molar-refractivity contribution in [1.29, 1.82) is 0 Å². The van der Waals surface area contributed by atoms with Crippen LogP contribution in [0.2, 0.25) is 0 Å². The van der Waals surface area contributed by atoms with E-state index < -0.39 is 5.97 Å². The van der Waals surface area contributed by atoms with Gasteiger partial charge >= 0.3 is 23.1 Å².